The smallest absolute Gasteiger partial charge is 0.343 e. The molecule has 0 bridgehead atoms. The Morgan fingerprint density at radius 2 is 1.17 bits per heavy atom. The average molecular weight is 799 g/mol. The molecular weight excluding hydrogens is 741 g/mol. The molecule has 310 valence electrons. The molecule has 5 aromatic rings. The molecule has 1 amide bonds. The van der Waals surface area contributed by atoms with Gasteiger partial charge in [0.05, 0.1) is 18.0 Å². The van der Waals surface area contributed by atoms with Gasteiger partial charge in [-0.2, -0.15) is 0 Å². The second kappa shape index (κ2) is 24.0. The standard InChI is InChI=1S/C49H58N4O6/c1-3-5-6-7-8-9-10-11-12-13-14-15-16-17-34-50-43(54)32-22-36-18-24-39(25-19-36)46-47(40-26-20-37(21-27-40)23-33-44(55)56)52-48(51-46)41-30-28-38(29-31-41)45-42(35-59-53-45)49(57)58-4-2/h18-33,35H,3-17,34H2,1-2H3,(H,50,54)(H,51,52)(H,55,56). The summed E-state index contributed by atoms with van der Waals surface area (Å²) in [4.78, 5) is 44.5. The SMILES string of the molecule is CCCCCCCCCCCCCCCCNC(=O)C=Cc1ccc(-c2[nH]c(-c3ccc(-c4nocc4C(=O)OCC)cc3)nc2-c2ccc(C=CC(=O)O)cc2)cc1. The van der Waals surface area contributed by atoms with Crippen LogP contribution in [0.25, 0.3) is 57.3 Å². The van der Waals surface area contributed by atoms with Gasteiger partial charge < -0.3 is 24.7 Å². The molecule has 0 fully saturated rings. The fraction of sp³-hybridized carbons (Fsp3) is 0.367. The van der Waals surface area contributed by atoms with Crippen molar-refractivity contribution >= 4 is 30.0 Å². The van der Waals surface area contributed by atoms with Crippen LogP contribution < -0.4 is 5.32 Å². The molecule has 0 unspecified atom stereocenters. The summed E-state index contributed by atoms with van der Waals surface area (Å²) in [7, 11) is 0. The van der Waals surface area contributed by atoms with Gasteiger partial charge >= 0.3 is 11.9 Å². The third-order valence-corrected chi connectivity index (χ3v) is 10.3. The van der Waals surface area contributed by atoms with E-state index in [2.05, 4.69) is 22.4 Å². The van der Waals surface area contributed by atoms with Crippen molar-refractivity contribution in [1.82, 2.24) is 20.4 Å². The first-order valence-corrected chi connectivity index (χ1v) is 21.3. The van der Waals surface area contributed by atoms with Gasteiger partial charge in [-0.1, -0.05) is 168 Å². The number of nitrogens with one attached hydrogen (secondary N) is 2. The number of hydrogen-bond acceptors (Lipinski definition) is 7. The average Bonchev–Trinajstić information content (AvgIpc) is 3.93. The van der Waals surface area contributed by atoms with E-state index in [1.807, 2.05) is 78.9 Å². The molecule has 59 heavy (non-hydrogen) atoms. The van der Waals surface area contributed by atoms with Crippen molar-refractivity contribution < 1.29 is 28.8 Å². The molecule has 0 spiro atoms. The summed E-state index contributed by atoms with van der Waals surface area (Å²) in [5.74, 6) is -0.990. The van der Waals surface area contributed by atoms with Crippen molar-refractivity contribution in [2.75, 3.05) is 13.2 Å². The minimum absolute atomic E-state index is 0.0994. The van der Waals surface area contributed by atoms with Gasteiger partial charge in [0.1, 0.15) is 23.3 Å². The number of H-pyrrole nitrogens is 1. The molecule has 3 N–H and O–H groups in total. The zero-order chi connectivity index (χ0) is 41.7. The maximum absolute atomic E-state index is 12.6. The molecule has 10 nitrogen and oxygen atoms in total. The lowest BCUT2D eigenvalue weighted by Gasteiger charge is -2.05. The van der Waals surface area contributed by atoms with Gasteiger partial charge in [-0.15, -0.1) is 0 Å². The van der Waals surface area contributed by atoms with Crippen LogP contribution in [0.1, 0.15) is 125 Å². The normalized spacial score (nSPS) is 11.4. The number of aliphatic carboxylic acids is 1. The topological polar surface area (TPSA) is 147 Å². The van der Waals surface area contributed by atoms with E-state index in [9.17, 15) is 14.4 Å². The Morgan fingerprint density at radius 3 is 1.75 bits per heavy atom. The van der Waals surface area contributed by atoms with Gasteiger partial charge in [0.15, 0.2) is 0 Å². The lowest BCUT2D eigenvalue weighted by molar-refractivity contribution is -0.131. The van der Waals surface area contributed by atoms with Crippen LogP contribution in [0.15, 0.2) is 95.7 Å². The number of carboxylic acids is 1. The van der Waals surface area contributed by atoms with E-state index in [1.54, 1.807) is 19.1 Å². The first-order chi connectivity index (χ1) is 28.9. The van der Waals surface area contributed by atoms with Crippen LogP contribution in [0.4, 0.5) is 0 Å². The molecule has 0 aliphatic heterocycles. The highest BCUT2D eigenvalue weighted by Crippen LogP contribution is 2.34. The van der Waals surface area contributed by atoms with Crippen LogP contribution >= 0.6 is 0 Å². The summed E-state index contributed by atoms with van der Waals surface area (Å²) in [5.41, 5.74) is 7.02. The molecule has 3 aromatic carbocycles. The summed E-state index contributed by atoms with van der Waals surface area (Å²) in [5, 5.41) is 16.1. The summed E-state index contributed by atoms with van der Waals surface area (Å²) >= 11 is 0. The van der Waals surface area contributed by atoms with Gasteiger partial charge in [-0.05, 0) is 36.6 Å². The fourth-order valence-corrected chi connectivity index (χ4v) is 6.95. The molecule has 0 radical (unpaired) electrons. The van der Waals surface area contributed by atoms with Crippen molar-refractivity contribution in [1.29, 1.82) is 0 Å². The summed E-state index contributed by atoms with van der Waals surface area (Å²) in [6.07, 6.45) is 25.6. The van der Waals surface area contributed by atoms with Crippen LogP contribution in [0.3, 0.4) is 0 Å². The van der Waals surface area contributed by atoms with Crippen molar-refractivity contribution in [3.8, 4) is 45.2 Å². The zero-order valence-electron chi connectivity index (χ0n) is 34.5. The molecule has 5 rings (SSSR count). The Bertz CT molecular complexity index is 2110. The number of amides is 1. The quantitative estimate of drug-likeness (QED) is 0.0300. The number of imidazole rings is 1. The zero-order valence-corrected chi connectivity index (χ0v) is 34.5. The highest BCUT2D eigenvalue weighted by molar-refractivity contribution is 5.96. The number of benzene rings is 3. The van der Waals surface area contributed by atoms with E-state index in [0.717, 1.165) is 52.4 Å². The third-order valence-electron chi connectivity index (χ3n) is 10.3. The lowest BCUT2D eigenvalue weighted by atomic mass is 10.0. The molecule has 10 heteroatoms. The molecule has 0 saturated heterocycles. The fourth-order valence-electron chi connectivity index (χ4n) is 6.95. The van der Waals surface area contributed by atoms with Crippen molar-refractivity contribution in [3.63, 3.8) is 0 Å². The van der Waals surface area contributed by atoms with Crippen molar-refractivity contribution in [2.24, 2.45) is 0 Å². The van der Waals surface area contributed by atoms with Crippen molar-refractivity contribution in [2.45, 2.75) is 104 Å². The number of carbonyl (C=O) groups excluding carboxylic acids is 2. The lowest BCUT2D eigenvalue weighted by Crippen LogP contribution is -2.21. The predicted octanol–water partition coefficient (Wildman–Crippen LogP) is 12.0. The van der Waals surface area contributed by atoms with Gasteiger partial charge in [-0.25, -0.2) is 14.6 Å². The van der Waals surface area contributed by atoms with Gasteiger partial charge in [0.25, 0.3) is 0 Å². The van der Waals surface area contributed by atoms with Gasteiger partial charge in [0, 0.05) is 41.0 Å². The Morgan fingerprint density at radius 1 is 0.661 bits per heavy atom. The van der Waals surface area contributed by atoms with Crippen LogP contribution in [0.2, 0.25) is 0 Å². The molecule has 0 saturated carbocycles. The number of aromatic amines is 1. The van der Waals surface area contributed by atoms with Gasteiger partial charge in [0.2, 0.25) is 5.91 Å². The number of carboxylic acid groups (broad SMARTS) is 1. The van der Waals surface area contributed by atoms with E-state index in [0.29, 0.717) is 29.3 Å². The number of esters is 1. The Kier molecular flexibility index (Phi) is 17.9. The number of carbonyl (C=O) groups is 3. The third kappa shape index (κ3) is 14.1. The number of aromatic nitrogens is 3. The highest BCUT2D eigenvalue weighted by Gasteiger charge is 2.20. The van der Waals surface area contributed by atoms with E-state index in [1.165, 1.54) is 83.3 Å². The Labute approximate surface area is 348 Å². The number of ether oxygens (including phenoxy) is 1. The van der Waals surface area contributed by atoms with E-state index >= 15 is 0 Å². The monoisotopic (exact) mass is 798 g/mol. The molecule has 2 aromatic heterocycles. The highest BCUT2D eigenvalue weighted by atomic mass is 16.5. The van der Waals surface area contributed by atoms with Crippen LogP contribution in [0.5, 0.6) is 0 Å². The van der Waals surface area contributed by atoms with E-state index in [-0.39, 0.29) is 18.1 Å². The Balaban J connectivity index is 1.17. The van der Waals surface area contributed by atoms with E-state index < -0.39 is 11.9 Å². The van der Waals surface area contributed by atoms with Crippen LogP contribution in [-0.4, -0.2) is 51.2 Å². The number of nitrogens with zero attached hydrogens (tertiary/aromatic N) is 2. The van der Waals surface area contributed by atoms with Crippen LogP contribution in [-0.2, 0) is 14.3 Å². The van der Waals surface area contributed by atoms with Crippen LogP contribution in [0, 0.1) is 0 Å². The maximum Gasteiger partial charge on any atom is 0.343 e. The first-order valence-electron chi connectivity index (χ1n) is 21.3. The molecule has 0 aliphatic rings. The predicted molar refractivity (Wildman–Crippen MR) is 235 cm³/mol. The molecule has 0 aliphatic carbocycles. The summed E-state index contributed by atoms with van der Waals surface area (Å²) in [6, 6.07) is 22.9. The minimum atomic E-state index is -1.01. The number of unbranched alkanes of at least 4 members (excludes halogenated alkanes) is 13. The first kappa shape index (κ1) is 44.1. The second-order valence-electron chi connectivity index (χ2n) is 14.8. The Hall–Kier alpha value is -6.03. The molecule has 2 heterocycles. The summed E-state index contributed by atoms with van der Waals surface area (Å²) < 4.78 is 10.2. The van der Waals surface area contributed by atoms with Crippen molar-refractivity contribution in [3.05, 3.63) is 108 Å². The molecular formula is C49H58N4O6. The maximum atomic E-state index is 12.6. The van der Waals surface area contributed by atoms with Gasteiger partial charge in [-0.3, -0.25) is 4.79 Å². The number of rotatable bonds is 25. The van der Waals surface area contributed by atoms with E-state index in [4.69, 9.17) is 19.4 Å². The minimum Gasteiger partial charge on any atom is -0.478 e. The largest absolute Gasteiger partial charge is 0.478 e. The number of hydrogen-bond donors (Lipinski definition) is 3. The molecule has 0 atom stereocenters. The summed E-state index contributed by atoms with van der Waals surface area (Å²) in [6.45, 7) is 4.93. The second-order valence-corrected chi connectivity index (χ2v) is 14.8.